The third-order valence-electron chi connectivity index (χ3n) is 5.53. The summed E-state index contributed by atoms with van der Waals surface area (Å²) in [5, 5.41) is 8.84. The van der Waals surface area contributed by atoms with E-state index < -0.39 is 0 Å². The van der Waals surface area contributed by atoms with Crippen LogP contribution >= 0.6 is 0 Å². The van der Waals surface area contributed by atoms with Gasteiger partial charge in [0.25, 0.3) is 0 Å². The highest BCUT2D eigenvalue weighted by Crippen LogP contribution is 2.33. The van der Waals surface area contributed by atoms with Crippen molar-refractivity contribution in [1.82, 2.24) is 4.98 Å². The van der Waals surface area contributed by atoms with Crippen molar-refractivity contribution in [3.63, 3.8) is 0 Å². The summed E-state index contributed by atoms with van der Waals surface area (Å²) in [5.41, 5.74) is 4.07. The molecule has 0 bridgehead atoms. The van der Waals surface area contributed by atoms with Crippen LogP contribution in [0.4, 0.5) is 0 Å². The van der Waals surface area contributed by atoms with Gasteiger partial charge >= 0.3 is 0 Å². The van der Waals surface area contributed by atoms with E-state index in [4.69, 9.17) is 5.26 Å². The Morgan fingerprint density at radius 1 is 1.00 bits per heavy atom. The van der Waals surface area contributed by atoms with Gasteiger partial charge in [0.15, 0.2) is 0 Å². The lowest BCUT2D eigenvalue weighted by atomic mass is 9.78. The third-order valence-corrected chi connectivity index (χ3v) is 5.53. The van der Waals surface area contributed by atoms with Crippen molar-refractivity contribution in [3.8, 4) is 17.3 Å². The second-order valence-electron chi connectivity index (χ2n) is 7.07. The number of aryl methyl sites for hydroxylation is 1. The van der Waals surface area contributed by atoms with Crippen LogP contribution in [0.3, 0.4) is 0 Å². The van der Waals surface area contributed by atoms with Crippen molar-refractivity contribution in [1.29, 1.82) is 5.26 Å². The first-order valence-electron chi connectivity index (χ1n) is 9.24. The van der Waals surface area contributed by atoms with E-state index in [1.807, 2.05) is 12.1 Å². The van der Waals surface area contributed by atoms with Crippen LogP contribution in [0.1, 0.15) is 56.6 Å². The summed E-state index contributed by atoms with van der Waals surface area (Å²) in [6.45, 7) is 2.33. The van der Waals surface area contributed by atoms with Crippen LogP contribution in [0.25, 0.3) is 11.3 Å². The molecule has 1 aliphatic carbocycles. The predicted molar refractivity (Wildman–Crippen MR) is 98.4 cm³/mol. The Kier molecular flexibility index (Phi) is 5.64. The summed E-state index contributed by atoms with van der Waals surface area (Å²) < 4.78 is 0. The van der Waals surface area contributed by atoms with E-state index in [9.17, 15) is 0 Å². The zero-order valence-corrected chi connectivity index (χ0v) is 14.5. The largest absolute Gasteiger partial charge is 0.255 e. The molecule has 0 spiro atoms. The average molecular weight is 318 g/mol. The Hall–Kier alpha value is -2.14. The molecule has 1 aromatic carbocycles. The Labute approximate surface area is 145 Å². The smallest absolute Gasteiger partial charge is 0.101 e. The third kappa shape index (κ3) is 4.23. The Morgan fingerprint density at radius 3 is 2.29 bits per heavy atom. The van der Waals surface area contributed by atoms with Crippen molar-refractivity contribution >= 4 is 0 Å². The maximum absolute atomic E-state index is 8.84. The molecule has 24 heavy (non-hydrogen) atoms. The number of pyridine rings is 1. The van der Waals surface area contributed by atoms with Gasteiger partial charge in [-0.1, -0.05) is 63.3 Å². The first-order chi connectivity index (χ1) is 11.8. The van der Waals surface area contributed by atoms with Crippen molar-refractivity contribution in [2.24, 2.45) is 11.8 Å². The lowest BCUT2D eigenvalue weighted by molar-refractivity contribution is 0.259. The lowest BCUT2D eigenvalue weighted by Crippen LogP contribution is -2.14. The van der Waals surface area contributed by atoms with Gasteiger partial charge in [0.05, 0.1) is 11.3 Å². The number of rotatable bonds is 5. The molecule has 2 aromatic rings. The Bertz CT molecular complexity index is 671. The molecule has 0 saturated heterocycles. The summed E-state index contributed by atoms with van der Waals surface area (Å²) in [6, 6.07) is 14.6. The molecule has 1 saturated carbocycles. The van der Waals surface area contributed by atoms with Crippen molar-refractivity contribution < 1.29 is 0 Å². The second kappa shape index (κ2) is 8.11. The van der Waals surface area contributed by atoms with Crippen LogP contribution in [-0.4, -0.2) is 4.98 Å². The minimum absolute atomic E-state index is 0.605. The van der Waals surface area contributed by atoms with Gasteiger partial charge in [0.1, 0.15) is 6.07 Å². The summed E-state index contributed by atoms with van der Waals surface area (Å²) in [4.78, 5) is 4.36. The number of aromatic nitrogens is 1. The zero-order chi connectivity index (χ0) is 16.8. The molecule has 1 fully saturated rings. The van der Waals surface area contributed by atoms with Gasteiger partial charge in [0.2, 0.25) is 0 Å². The number of benzene rings is 1. The monoisotopic (exact) mass is 318 g/mol. The molecule has 0 amide bonds. The first kappa shape index (κ1) is 16.7. The molecule has 124 valence electrons. The van der Waals surface area contributed by atoms with E-state index in [-0.39, 0.29) is 0 Å². The molecular weight excluding hydrogens is 292 g/mol. The van der Waals surface area contributed by atoms with Crippen LogP contribution < -0.4 is 0 Å². The van der Waals surface area contributed by atoms with Gasteiger partial charge in [-0.3, -0.25) is 4.98 Å². The van der Waals surface area contributed by atoms with E-state index in [1.54, 1.807) is 6.20 Å². The SMILES string of the molecule is CCC1CCC(CCc2ccc(-c3ccc(C#N)cn3)cc2)CC1. The molecule has 0 unspecified atom stereocenters. The van der Waals surface area contributed by atoms with Crippen LogP contribution in [0.15, 0.2) is 42.6 Å². The lowest BCUT2D eigenvalue weighted by Gasteiger charge is -2.27. The normalized spacial score (nSPS) is 20.5. The molecule has 2 nitrogen and oxygen atoms in total. The summed E-state index contributed by atoms with van der Waals surface area (Å²) in [7, 11) is 0. The topological polar surface area (TPSA) is 36.7 Å². The maximum Gasteiger partial charge on any atom is 0.101 e. The van der Waals surface area contributed by atoms with Crippen LogP contribution in [-0.2, 0) is 6.42 Å². The van der Waals surface area contributed by atoms with Gasteiger partial charge in [-0.05, 0) is 42.4 Å². The van der Waals surface area contributed by atoms with Gasteiger partial charge in [-0.15, -0.1) is 0 Å². The molecule has 1 aliphatic rings. The van der Waals surface area contributed by atoms with E-state index >= 15 is 0 Å². The average Bonchev–Trinajstić information content (AvgIpc) is 2.67. The zero-order valence-electron chi connectivity index (χ0n) is 14.5. The predicted octanol–water partition coefficient (Wildman–Crippen LogP) is 5.77. The molecule has 2 heteroatoms. The molecular formula is C22H26N2. The summed E-state index contributed by atoms with van der Waals surface area (Å²) in [6.07, 6.45) is 11.2. The van der Waals surface area contributed by atoms with Crippen molar-refractivity contribution in [2.45, 2.75) is 51.9 Å². The Morgan fingerprint density at radius 2 is 1.71 bits per heavy atom. The minimum Gasteiger partial charge on any atom is -0.255 e. The number of hydrogen-bond donors (Lipinski definition) is 0. The van der Waals surface area contributed by atoms with Gasteiger partial charge in [-0.25, -0.2) is 0 Å². The van der Waals surface area contributed by atoms with Crippen molar-refractivity contribution in [3.05, 3.63) is 53.7 Å². The van der Waals surface area contributed by atoms with E-state index in [2.05, 4.69) is 42.2 Å². The standard InChI is InChI=1S/C22H26N2/c1-2-17-3-5-18(6-4-17)7-8-19-9-12-21(13-10-19)22-14-11-20(15-23)16-24-22/h9-14,16-18H,2-8H2,1H3. The van der Waals surface area contributed by atoms with Gasteiger partial charge in [-0.2, -0.15) is 5.26 Å². The van der Waals surface area contributed by atoms with Crippen molar-refractivity contribution in [2.75, 3.05) is 0 Å². The van der Waals surface area contributed by atoms with E-state index in [1.165, 1.54) is 50.5 Å². The fourth-order valence-corrected chi connectivity index (χ4v) is 3.77. The summed E-state index contributed by atoms with van der Waals surface area (Å²) in [5.74, 6) is 1.91. The van der Waals surface area contributed by atoms with Gasteiger partial charge in [0, 0.05) is 11.8 Å². The first-order valence-corrected chi connectivity index (χ1v) is 9.24. The molecule has 3 rings (SSSR count). The molecule has 0 radical (unpaired) electrons. The fraction of sp³-hybridized carbons (Fsp3) is 0.455. The Balaban J connectivity index is 1.54. The van der Waals surface area contributed by atoms with E-state index in [0.29, 0.717) is 5.56 Å². The maximum atomic E-state index is 8.84. The molecule has 1 aromatic heterocycles. The quantitative estimate of drug-likeness (QED) is 0.701. The highest BCUT2D eigenvalue weighted by Gasteiger charge is 2.19. The highest BCUT2D eigenvalue weighted by atomic mass is 14.7. The summed E-state index contributed by atoms with van der Waals surface area (Å²) >= 11 is 0. The second-order valence-corrected chi connectivity index (χ2v) is 7.07. The molecule has 0 N–H and O–H groups in total. The number of hydrogen-bond acceptors (Lipinski definition) is 2. The fourth-order valence-electron chi connectivity index (χ4n) is 3.77. The highest BCUT2D eigenvalue weighted by molar-refractivity contribution is 5.59. The van der Waals surface area contributed by atoms with E-state index in [0.717, 1.165) is 23.1 Å². The van der Waals surface area contributed by atoms with Crippen LogP contribution in [0, 0.1) is 23.2 Å². The van der Waals surface area contributed by atoms with Crippen LogP contribution in [0.2, 0.25) is 0 Å². The number of nitrogens with zero attached hydrogens (tertiary/aromatic N) is 2. The molecule has 1 heterocycles. The molecule has 0 atom stereocenters. The number of nitriles is 1. The molecule has 0 aliphatic heterocycles. The minimum atomic E-state index is 0.605. The van der Waals surface area contributed by atoms with Crippen LogP contribution in [0.5, 0.6) is 0 Å². The van der Waals surface area contributed by atoms with Gasteiger partial charge < -0.3 is 0 Å².